The van der Waals surface area contributed by atoms with Gasteiger partial charge in [0.25, 0.3) is 0 Å². The highest BCUT2D eigenvalue weighted by Crippen LogP contribution is 2.55. The first-order chi connectivity index (χ1) is 66.0. The lowest BCUT2D eigenvalue weighted by Crippen LogP contribution is -2.14. The summed E-state index contributed by atoms with van der Waals surface area (Å²) in [5.74, 6) is 0. The number of nitrogens with zero attached hydrogens (tertiary/aromatic N) is 3. The number of rotatable bonds is 16. The summed E-state index contributed by atoms with van der Waals surface area (Å²) >= 11 is 0. The van der Waals surface area contributed by atoms with Crippen LogP contribution in [0.15, 0.2) is 491 Å². The van der Waals surface area contributed by atoms with E-state index in [0.29, 0.717) is 0 Å². The van der Waals surface area contributed by atoms with Crippen LogP contribution in [0.2, 0.25) is 0 Å². The van der Waals surface area contributed by atoms with Gasteiger partial charge in [0.2, 0.25) is 0 Å². The molecule has 20 aromatic carbocycles. The van der Waals surface area contributed by atoms with E-state index in [1.807, 2.05) is 0 Å². The molecule has 4 aliphatic rings. The Labute approximate surface area is 795 Å². The van der Waals surface area contributed by atoms with Crippen LogP contribution < -0.4 is 14.7 Å². The molecule has 20 aromatic rings. The number of anilines is 9. The summed E-state index contributed by atoms with van der Waals surface area (Å²) < 4.78 is 0. The zero-order valence-electron chi connectivity index (χ0n) is 77.6. The van der Waals surface area contributed by atoms with Gasteiger partial charge in [0.1, 0.15) is 0 Å². The average Bonchev–Trinajstić information content (AvgIpc) is 1.59. The molecule has 0 aliphatic heterocycles. The Morgan fingerprint density at radius 2 is 0.244 bits per heavy atom. The number of para-hydroxylation sites is 2. The molecule has 0 aromatic heterocycles. The van der Waals surface area contributed by atoms with E-state index in [1.165, 1.54) is 167 Å². The van der Waals surface area contributed by atoms with Crippen molar-refractivity contribution in [3.63, 3.8) is 0 Å². The minimum absolute atomic E-state index is 0.0132. The monoisotopic (exact) mass is 1730 g/mol. The lowest BCUT2D eigenvalue weighted by atomic mass is 9.81. The maximum Gasteiger partial charge on any atom is 0.0462 e. The quantitative estimate of drug-likeness (QED) is 0.0955. The van der Waals surface area contributed by atoms with Crippen LogP contribution in [0, 0.1) is 0 Å². The first-order valence-corrected chi connectivity index (χ1v) is 47.3. The maximum atomic E-state index is 2.40. The third-order valence-corrected chi connectivity index (χ3v) is 28.9. The molecule has 4 aliphatic carbocycles. The molecule has 0 heterocycles. The first kappa shape index (κ1) is 84.4. The van der Waals surface area contributed by atoms with Gasteiger partial charge in [0, 0.05) is 72.8 Å². The van der Waals surface area contributed by atoms with Gasteiger partial charge in [-0.15, -0.1) is 0 Å². The molecular formula is C132H105N3. The van der Waals surface area contributed by atoms with Gasteiger partial charge in [-0.05, 0) is 300 Å². The van der Waals surface area contributed by atoms with E-state index < -0.39 is 0 Å². The van der Waals surface area contributed by atoms with E-state index in [0.717, 1.165) is 51.2 Å². The Morgan fingerprint density at radius 1 is 0.111 bits per heavy atom. The lowest BCUT2D eigenvalue weighted by molar-refractivity contribution is 0.660. The van der Waals surface area contributed by atoms with Crippen LogP contribution >= 0.6 is 0 Å². The predicted molar refractivity (Wildman–Crippen MR) is 572 cm³/mol. The van der Waals surface area contributed by atoms with Crippen molar-refractivity contribution in [2.45, 2.75) is 77.0 Å². The maximum absolute atomic E-state index is 2.40. The second kappa shape index (κ2) is 34.8. The van der Waals surface area contributed by atoms with Crippen molar-refractivity contribution in [2.75, 3.05) is 14.7 Å². The van der Waals surface area contributed by atoms with E-state index in [-0.39, 0.29) is 21.7 Å². The highest BCUT2D eigenvalue weighted by molar-refractivity contribution is 5.92. The van der Waals surface area contributed by atoms with Gasteiger partial charge in [0.15, 0.2) is 0 Å². The molecule has 0 spiro atoms. The fraction of sp³-hybridized carbons (Fsp3) is 0.0909. The van der Waals surface area contributed by atoms with E-state index in [1.54, 1.807) is 0 Å². The molecular weight excluding hydrogens is 1630 g/mol. The Bertz CT molecular complexity index is 7460. The summed E-state index contributed by atoms with van der Waals surface area (Å²) in [7, 11) is 0. The number of hydrogen-bond donors (Lipinski definition) is 0. The first-order valence-electron chi connectivity index (χ1n) is 47.3. The van der Waals surface area contributed by atoms with Crippen LogP contribution in [-0.4, -0.2) is 0 Å². The van der Waals surface area contributed by atoms with Crippen molar-refractivity contribution in [2.24, 2.45) is 0 Å². The van der Waals surface area contributed by atoms with Gasteiger partial charge in [-0.1, -0.05) is 413 Å². The van der Waals surface area contributed by atoms with Crippen molar-refractivity contribution < 1.29 is 0 Å². The molecule has 0 saturated carbocycles. The summed E-state index contributed by atoms with van der Waals surface area (Å²) in [5, 5.41) is 0. The molecule has 3 nitrogen and oxygen atoms in total. The Balaban J connectivity index is 0.000000121. The van der Waals surface area contributed by atoms with Crippen LogP contribution in [0.3, 0.4) is 0 Å². The highest BCUT2D eigenvalue weighted by Gasteiger charge is 2.40. The fourth-order valence-electron chi connectivity index (χ4n) is 21.5. The normalized spacial score (nSPS) is 13.4. The summed E-state index contributed by atoms with van der Waals surface area (Å²) in [6, 6.07) is 179. The third-order valence-electron chi connectivity index (χ3n) is 28.9. The van der Waals surface area contributed by atoms with Crippen LogP contribution in [0.5, 0.6) is 0 Å². The molecule has 0 atom stereocenters. The van der Waals surface area contributed by atoms with Crippen molar-refractivity contribution >= 4 is 51.2 Å². The van der Waals surface area contributed by atoms with Crippen LogP contribution in [0.25, 0.3) is 122 Å². The lowest BCUT2D eigenvalue weighted by Gasteiger charge is -2.26. The van der Waals surface area contributed by atoms with Crippen LogP contribution in [0.4, 0.5) is 51.2 Å². The Morgan fingerprint density at radius 3 is 0.437 bits per heavy atom. The number of hydrogen-bond acceptors (Lipinski definition) is 3. The predicted octanol–water partition coefficient (Wildman–Crippen LogP) is 36.4. The minimum Gasteiger partial charge on any atom is -0.311 e. The van der Waals surface area contributed by atoms with Gasteiger partial charge in [-0.25, -0.2) is 0 Å². The summed E-state index contributed by atoms with van der Waals surface area (Å²) in [5.41, 5.74) is 49.4. The second-order valence-electron chi connectivity index (χ2n) is 38.3. The van der Waals surface area contributed by atoms with Crippen molar-refractivity contribution in [3.05, 3.63) is 536 Å². The molecule has 24 rings (SSSR count). The standard InChI is InChI=1S/C54H43N.C45H35N.C33H27N/c1-53(2)49-16-10-8-14-45(49)47-32-24-40(34-51(47)53)38-20-28-43(29-21-38)55(42-26-18-37(19-27-42)36-12-6-5-7-13-36)44-30-22-39(23-31-44)41-25-33-48-46-15-9-11-17-50(46)54(3,4)52(48)35-41;1-45(2)43-16-10-9-15-41(43)42-30-23-37(31-44(42)45)36-21-28-40(29-22-36)46(38-24-17-34(18-25-38)32-11-5-3-6-12-32)39-26-19-35(20-27-39)33-13-7-4-8-14-33;1-33(2)31-16-10-9-15-29(31)30-22-19-25(23-32(30)33)24-17-20-28(21-18-24)34(26-11-5-3-6-12-26)27-13-7-4-8-14-27/h5-35H,1-4H3;3-31H,1-2H3;3-23H,1-2H3. The molecule has 0 fully saturated rings. The molecule has 0 saturated heterocycles. The van der Waals surface area contributed by atoms with Crippen molar-refractivity contribution in [3.8, 4) is 122 Å². The third kappa shape index (κ3) is 15.6. The fourth-order valence-corrected chi connectivity index (χ4v) is 21.5. The van der Waals surface area contributed by atoms with Gasteiger partial charge < -0.3 is 14.7 Å². The minimum atomic E-state index is -0.0300. The average molecular weight is 1730 g/mol. The topological polar surface area (TPSA) is 9.72 Å². The van der Waals surface area contributed by atoms with Crippen LogP contribution in [-0.2, 0) is 21.7 Å². The Hall–Kier alpha value is -16.2. The zero-order valence-corrected chi connectivity index (χ0v) is 77.6. The molecule has 648 valence electrons. The highest BCUT2D eigenvalue weighted by atomic mass is 15.2. The van der Waals surface area contributed by atoms with Gasteiger partial charge in [-0.2, -0.15) is 0 Å². The molecule has 3 heteroatoms. The zero-order chi connectivity index (χ0) is 91.5. The van der Waals surface area contributed by atoms with Crippen molar-refractivity contribution in [1.29, 1.82) is 0 Å². The van der Waals surface area contributed by atoms with E-state index in [4.69, 9.17) is 0 Å². The Kier molecular flexibility index (Phi) is 21.8. The smallest absolute Gasteiger partial charge is 0.0462 e. The summed E-state index contributed by atoms with van der Waals surface area (Å²) in [4.78, 5) is 7.01. The molecule has 0 radical (unpaired) electrons. The van der Waals surface area contributed by atoms with E-state index in [9.17, 15) is 0 Å². The molecule has 0 bridgehead atoms. The molecule has 135 heavy (non-hydrogen) atoms. The summed E-state index contributed by atoms with van der Waals surface area (Å²) in [6.07, 6.45) is 0. The van der Waals surface area contributed by atoms with E-state index >= 15 is 0 Å². The molecule has 0 amide bonds. The van der Waals surface area contributed by atoms with E-state index in [2.05, 4.69) is 561 Å². The summed E-state index contributed by atoms with van der Waals surface area (Å²) in [6.45, 7) is 18.7. The number of benzene rings is 20. The largest absolute Gasteiger partial charge is 0.311 e. The number of fused-ring (bicyclic) bond motifs is 12. The molecule has 0 N–H and O–H groups in total. The van der Waals surface area contributed by atoms with Gasteiger partial charge in [-0.3, -0.25) is 0 Å². The van der Waals surface area contributed by atoms with Gasteiger partial charge >= 0.3 is 0 Å². The van der Waals surface area contributed by atoms with Crippen molar-refractivity contribution in [1.82, 2.24) is 0 Å². The SMILES string of the molecule is CC1(C)c2ccccc2-c2ccc(-c3ccc(N(c4ccc(-c5ccccc5)cc4)c4ccc(-c5ccc6c(c5)C(C)(C)c5ccccc5-6)cc4)cc3)cc21.CC1(C)c2ccccc2-c2ccc(-c3ccc(N(c4ccc(-c5ccccc5)cc4)c4ccc(-c5ccccc5)cc4)cc3)cc21.CC1(C)c2ccccc2-c2ccc(-c3ccc(N(c4ccccc4)c4ccccc4)cc3)cc21. The molecule has 0 unspecified atom stereocenters. The second-order valence-corrected chi connectivity index (χ2v) is 38.3. The van der Waals surface area contributed by atoms with Gasteiger partial charge in [0.05, 0.1) is 0 Å². The van der Waals surface area contributed by atoms with Crippen LogP contribution in [0.1, 0.15) is 99.9 Å².